The van der Waals surface area contributed by atoms with Crippen molar-refractivity contribution in [1.82, 2.24) is 10.6 Å². The topological polar surface area (TPSA) is 50.4 Å². The van der Waals surface area contributed by atoms with E-state index in [1.807, 2.05) is 30.3 Å². The van der Waals surface area contributed by atoms with Crippen LogP contribution in [0, 0.1) is 5.92 Å². The van der Waals surface area contributed by atoms with Gasteiger partial charge in [0, 0.05) is 13.1 Å². The maximum absolute atomic E-state index is 12.7. The van der Waals surface area contributed by atoms with Crippen LogP contribution in [0.4, 0.5) is 13.6 Å². The Kier molecular flexibility index (Phi) is 4.68. The Labute approximate surface area is 110 Å². The number of amides is 1. The molecule has 6 heteroatoms. The summed E-state index contributed by atoms with van der Waals surface area (Å²) in [5, 5.41) is 5.31. The quantitative estimate of drug-likeness (QED) is 0.876. The molecule has 0 radical (unpaired) electrons. The molecule has 1 fully saturated rings. The molecule has 0 bridgehead atoms. The SMILES string of the molecule is O=C(NC1CNCC1C(F)F)OCc1ccccc1. The third-order valence-corrected chi connectivity index (χ3v) is 3.10. The van der Waals surface area contributed by atoms with Crippen LogP contribution in [-0.2, 0) is 11.3 Å². The second kappa shape index (κ2) is 6.47. The molecule has 1 heterocycles. The van der Waals surface area contributed by atoms with E-state index in [-0.39, 0.29) is 13.2 Å². The molecule has 4 nitrogen and oxygen atoms in total. The number of alkyl halides is 2. The van der Waals surface area contributed by atoms with E-state index < -0.39 is 24.5 Å². The zero-order valence-corrected chi connectivity index (χ0v) is 10.3. The summed E-state index contributed by atoms with van der Waals surface area (Å²) in [6.45, 7) is 0.683. The number of halogens is 2. The molecule has 2 atom stereocenters. The number of carbonyl (C=O) groups is 1. The molecule has 1 aromatic carbocycles. The van der Waals surface area contributed by atoms with Gasteiger partial charge in [-0.05, 0) is 5.56 Å². The maximum Gasteiger partial charge on any atom is 0.407 e. The van der Waals surface area contributed by atoms with E-state index in [2.05, 4.69) is 10.6 Å². The fourth-order valence-corrected chi connectivity index (χ4v) is 2.04. The van der Waals surface area contributed by atoms with Crippen molar-refractivity contribution in [2.75, 3.05) is 13.1 Å². The summed E-state index contributed by atoms with van der Waals surface area (Å²) >= 11 is 0. The van der Waals surface area contributed by atoms with Crippen molar-refractivity contribution in [2.45, 2.75) is 19.1 Å². The van der Waals surface area contributed by atoms with Crippen LogP contribution in [0.2, 0.25) is 0 Å². The standard InChI is InChI=1S/C13H16F2N2O2/c14-12(15)10-6-16-7-11(10)17-13(18)19-8-9-4-2-1-3-5-9/h1-5,10-12,16H,6-8H2,(H,17,18). The molecule has 1 aliphatic rings. The van der Waals surface area contributed by atoms with Crippen LogP contribution in [0.25, 0.3) is 0 Å². The first-order valence-corrected chi connectivity index (χ1v) is 6.13. The largest absolute Gasteiger partial charge is 0.445 e. The van der Waals surface area contributed by atoms with Crippen LogP contribution in [-0.4, -0.2) is 31.7 Å². The first kappa shape index (κ1) is 13.7. The van der Waals surface area contributed by atoms with Gasteiger partial charge in [-0.1, -0.05) is 30.3 Å². The number of hydrogen-bond acceptors (Lipinski definition) is 3. The van der Waals surface area contributed by atoms with Crippen LogP contribution in [0.1, 0.15) is 5.56 Å². The number of carbonyl (C=O) groups excluding carboxylic acids is 1. The minimum absolute atomic E-state index is 0.131. The molecule has 1 amide bonds. The first-order chi connectivity index (χ1) is 9.16. The van der Waals surface area contributed by atoms with Gasteiger partial charge in [0.15, 0.2) is 0 Å². The van der Waals surface area contributed by atoms with Crippen molar-refractivity contribution in [2.24, 2.45) is 5.92 Å². The maximum atomic E-state index is 12.7. The van der Waals surface area contributed by atoms with Gasteiger partial charge in [-0.15, -0.1) is 0 Å². The van der Waals surface area contributed by atoms with Gasteiger partial charge in [-0.2, -0.15) is 0 Å². The minimum atomic E-state index is -2.45. The fourth-order valence-electron chi connectivity index (χ4n) is 2.04. The lowest BCUT2D eigenvalue weighted by atomic mass is 10.1. The van der Waals surface area contributed by atoms with Crippen LogP contribution in [0.3, 0.4) is 0 Å². The van der Waals surface area contributed by atoms with Gasteiger partial charge in [-0.25, -0.2) is 13.6 Å². The molecule has 19 heavy (non-hydrogen) atoms. The van der Waals surface area contributed by atoms with Gasteiger partial charge in [0.2, 0.25) is 6.43 Å². The van der Waals surface area contributed by atoms with E-state index >= 15 is 0 Å². The minimum Gasteiger partial charge on any atom is -0.445 e. The highest BCUT2D eigenvalue weighted by Gasteiger charge is 2.35. The van der Waals surface area contributed by atoms with Crippen molar-refractivity contribution in [3.63, 3.8) is 0 Å². The average Bonchev–Trinajstić information content (AvgIpc) is 2.86. The molecular formula is C13H16F2N2O2. The Morgan fingerprint density at radius 1 is 1.37 bits per heavy atom. The Morgan fingerprint density at radius 2 is 2.11 bits per heavy atom. The van der Waals surface area contributed by atoms with Crippen LogP contribution >= 0.6 is 0 Å². The van der Waals surface area contributed by atoms with Gasteiger partial charge in [-0.3, -0.25) is 0 Å². The smallest absolute Gasteiger partial charge is 0.407 e. The van der Waals surface area contributed by atoms with Gasteiger partial charge >= 0.3 is 6.09 Å². The number of hydrogen-bond donors (Lipinski definition) is 2. The van der Waals surface area contributed by atoms with Gasteiger partial charge < -0.3 is 15.4 Å². The van der Waals surface area contributed by atoms with Crippen LogP contribution < -0.4 is 10.6 Å². The Morgan fingerprint density at radius 3 is 2.79 bits per heavy atom. The summed E-state index contributed by atoms with van der Waals surface area (Å²) in [6, 6.07) is 8.61. The number of alkyl carbamates (subject to hydrolysis) is 1. The molecule has 1 saturated heterocycles. The predicted molar refractivity (Wildman–Crippen MR) is 65.9 cm³/mol. The summed E-state index contributed by atoms with van der Waals surface area (Å²) in [5.74, 6) is -0.857. The highest BCUT2D eigenvalue weighted by molar-refractivity contribution is 5.67. The van der Waals surface area contributed by atoms with Crippen molar-refractivity contribution >= 4 is 6.09 Å². The molecule has 2 N–H and O–H groups in total. The van der Waals surface area contributed by atoms with Crippen molar-refractivity contribution in [1.29, 1.82) is 0 Å². The first-order valence-electron chi connectivity index (χ1n) is 6.13. The number of rotatable bonds is 4. The molecule has 1 aliphatic heterocycles. The molecule has 0 saturated carbocycles. The lowest BCUT2D eigenvalue weighted by Gasteiger charge is -2.18. The molecule has 1 aromatic rings. The van der Waals surface area contributed by atoms with Crippen molar-refractivity contribution in [3.05, 3.63) is 35.9 Å². The summed E-state index contributed by atoms with van der Waals surface area (Å²) in [5.41, 5.74) is 0.854. The summed E-state index contributed by atoms with van der Waals surface area (Å²) < 4.78 is 30.3. The van der Waals surface area contributed by atoms with E-state index in [4.69, 9.17) is 4.74 Å². The third-order valence-electron chi connectivity index (χ3n) is 3.10. The highest BCUT2D eigenvalue weighted by atomic mass is 19.3. The number of ether oxygens (including phenoxy) is 1. The monoisotopic (exact) mass is 270 g/mol. The second-order valence-electron chi connectivity index (χ2n) is 4.47. The molecule has 0 spiro atoms. The zero-order valence-electron chi connectivity index (χ0n) is 10.3. The lowest BCUT2D eigenvalue weighted by molar-refractivity contribution is 0.0697. The fraction of sp³-hybridized carbons (Fsp3) is 0.462. The van der Waals surface area contributed by atoms with Crippen molar-refractivity contribution in [3.8, 4) is 0 Å². The number of benzene rings is 1. The predicted octanol–water partition coefficient (Wildman–Crippen LogP) is 1.77. The van der Waals surface area contributed by atoms with E-state index in [1.165, 1.54) is 0 Å². The van der Waals surface area contributed by atoms with Gasteiger partial charge in [0.05, 0.1) is 12.0 Å². The van der Waals surface area contributed by atoms with Crippen molar-refractivity contribution < 1.29 is 18.3 Å². The third kappa shape index (κ3) is 3.89. The molecule has 104 valence electrons. The van der Waals surface area contributed by atoms with E-state index in [9.17, 15) is 13.6 Å². The molecular weight excluding hydrogens is 254 g/mol. The molecule has 2 unspecified atom stereocenters. The Balaban J connectivity index is 1.78. The van der Waals surface area contributed by atoms with E-state index in [0.717, 1.165) is 5.56 Å². The Hall–Kier alpha value is -1.69. The van der Waals surface area contributed by atoms with E-state index in [0.29, 0.717) is 6.54 Å². The summed E-state index contributed by atoms with van der Waals surface area (Å²) in [6.07, 6.45) is -3.11. The number of nitrogens with one attached hydrogen (secondary N) is 2. The molecule has 0 aromatic heterocycles. The Bertz CT molecular complexity index is 414. The second-order valence-corrected chi connectivity index (χ2v) is 4.47. The lowest BCUT2D eigenvalue weighted by Crippen LogP contribution is -2.42. The van der Waals surface area contributed by atoms with E-state index in [1.54, 1.807) is 0 Å². The van der Waals surface area contributed by atoms with Gasteiger partial charge in [0.1, 0.15) is 6.61 Å². The molecule has 0 aliphatic carbocycles. The van der Waals surface area contributed by atoms with Crippen LogP contribution in [0.15, 0.2) is 30.3 Å². The summed E-state index contributed by atoms with van der Waals surface area (Å²) in [7, 11) is 0. The normalized spacial score (nSPS) is 22.5. The zero-order chi connectivity index (χ0) is 13.7. The summed E-state index contributed by atoms with van der Waals surface area (Å²) in [4.78, 5) is 11.5. The van der Waals surface area contributed by atoms with Gasteiger partial charge in [0.25, 0.3) is 0 Å². The molecule has 2 rings (SSSR count). The van der Waals surface area contributed by atoms with Crippen LogP contribution in [0.5, 0.6) is 0 Å². The highest BCUT2D eigenvalue weighted by Crippen LogP contribution is 2.17. The average molecular weight is 270 g/mol.